The van der Waals surface area contributed by atoms with E-state index in [4.69, 9.17) is 0 Å². The first-order chi connectivity index (χ1) is 10.5. The van der Waals surface area contributed by atoms with Gasteiger partial charge >= 0.3 is 0 Å². The maximum atomic E-state index is 12.6. The number of hydrogen-bond acceptors (Lipinski definition) is 3. The van der Waals surface area contributed by atoms with Crippen LogP contribution in [0.4, 0.5) is 0 Å². The van der Waals surface area contributed by atoms with Crippen LogP contribution in [-0.2, 0) is 0 Å². The Labute approximate surface area is 131 Å². The highest BCUT2D eigenvalue weighted by atomic mass is 16.2. The van der Waals surface area contributed by atoms with Gasteiger partial charge < -0.3 is 9.80 Å². The molecule has 1 amide bonds. The lowest BCUT2D eigenvalue weighted by molar-refractivity contribution is 0.0657. The summed E-state index contributed by atoms with van der Waals surface area (Å²) in [5.74, 6) is 0.0297. The van der Waals surface area contributed by atoms with Crippen molar-refractivity contribution in [1.29, 1.82) is 0 Å². The molecule has 1 aliphatic rings. The average molecular weight is 298 g/mol. The third-order valence-corrected chi connectivity index (χ3v) is 4.18. The highest BCUT2D eigenvalue weighted by Gasteiger charge is 2.23. The Morgan fingerprint density at radius 2 is 1.68 bits per heavy atom. The topological polar surface area (TPSA) is 41.4 Å². The van der Waals surface area contributed by atoms with Gasteiger partial charge in [0.1, 0.15) is 0 Å². The largest absolute Gasteiger partial charge is 0.335 e. The van der Waals surface area contributed by atoms with Gasteiger partial charge in [0.15, 0.2) is 5.69 Å². The Morgan fingerprint density at radius 1 is 1.05 bits per heavy atom. The highest BCUT2D eigenvalue weighted by molar-refractivity contribution is 5.92. The number of aryl methyl sites for hydroxylation is 2. The van der Waals surface area contributed by atoms with Crippen molar-refractivity contribution in [3.63, 3.8) is 0 Å². The summed E-state index contributed by atoms with van der Waals surface area (Å²) in [4.78, 5) is 16.7. The lowest BCUT2D eigenvalue weighted by Crippen LogP contribution is -2.47. The minimum atomic E-state index is 0.0297. The van der Waals surface area contributed by atoms with Crippen LogP contribution < -0.4 is 0 Å². The van der Waals surface area contributed by atoms with Crippen molar-refractivity contribution < 1.29 is 4.79 Å². The minimum absolute atomic E-state index is 0.0297. The second kappa shape index (κ2) is 5.93. The number of amides is 1. The third kappa shape index (κ3) is 2.90. The van der Waals surface area contributed by atoms with E-state index in [1.165, 1.54) is 5.56 Å². The molecule has 1 saturated heterocycles. The van der Waals surface area contributed by atoms with Gasteiger partial charge in [0.05, 0.1) is 5.69 Å². The monoisotopic (exact) mass is 298 g/mol. The van der Waals surface area contributed by atoms with Gasteiger partial charge in [-0.2, -0.15) is 5.10 Å². The molecule has 0 atom stereocenters. The molecule has 1 aromatic heterocycles. The fourth-order valence-corrected chi connectivity index (χ4v) is 2.70. The number of carbonyl (C=O) groups is 1. The molecule has 2 aromatic rings. The molecule has 0 unspecified atom stereocenters. The second-order valence-electron chi connectivity index (χ2n) is 6.01. The second-order valence-corrected chi connectivity index (χ2v) is 6.01. The van der Waals surface area contributed by atoms with Crippen LogP contribution in [0.15, 0.2) is 30.3 Å². The summed E-state index contributed by atoms with van der Waals surface area (Å²) in [7, 11) is 2.08. The van der Waals surface area contributed by atoms with E-state index >= 15 is 0 Å². The van der Waals surface area contributed by atoms with Gasteiger partial charge in [-0.3, -0.25) is 4.79 Å². The number of likely N-dealkylation sites (N-methyl/N-ethyl adjacent to an activating group) is 1. The Hall–Kier alpha value is -2.14. The highest BCUT2D eigenvalue weighted by Crippen LogP contribution is 2.15. The standard InChI is InChI=1S/C17H22N4O/c1-13-4-6-15(7-5-13)21-14(2)12-16(18-21)17(22)20-10-8-19(3)9-11-20/h4-7,12H,8-11H2,1-3H3. The van der Waals surface area contributed by atoms with E-state index in [1.54, 1.807) is 0 Å². The SMILES string of the molecule is Cc1ccc(-n2nc(C(=O)N3CCN(C)CC3)cc2C)cc1. The summed E-state index contributed by atoms with van der Waals surface area (Å²) < 4.78 is 1.84. The van der Waals surface area contributed by atoms with Crippen molar-refractivity contribution in [2.75, 3.05) is 33.2 Å². The number of aromatic nitrogens is 2. The summed E-state index contributed by atoms with van der Waals surface area (Å²) in [5.41, 5.74) is 3.70. The lowest BCUT2D eigenvalue weighted by Gasteiger charge is -2.31. The number of nitrogens with zero attached hydrogens (tertiary/aromatic N) is 4. The predicted molar refractivity (Wildman–Crippen MR) is 86.4 cm³/mol. The van der Waals surface area contributed by atoms with Crippen LogP contribution in [0.25, 0.3) is 5.69 Å². The maximum Gasteiger partial charge on any atom is 0.274 e. The normalized spacial score (nSPS) is 16.0. The van der Waals surface area contributed by atoms with Gasteiger partial charge in [-0.05, 0) is 39.1 Å². The van der Waals surface area contributed by atoms with Crippen LogP contribution in [0.2, 0.25) is 0 Å². The maximum absolute atomic E-state index is 12.6. The first-order valence-corrected chi connectivity index (χ1v) is 7.66. The van der Waals surface area contributed by atoms with Gasteiger partial charge in [-0.15, -0.1) is 0 Å². The molecule has 0 aliphatic carbocycles. The zero-order valence-electron chi connectivity index (χ0n) is 13.4. The third-order valence-electron chi connectivity index (χ3n) is 4.18. The number of hydrogen-bond donors (Lipinski definition) is 0. The fourth-order valence-electron chi connectivity index (χ4n) is 2.70. The van der Waals surface area contributed by atoms with Crippen molar-refractivity contribution in [3.8, 4) is 5.69 Å². The zero-order valence-corrected chi connectivity index (χ0v) is 13.4. The Kier molecular flexibility index (Phi) is 3.98. The van der Waals surface area contributed by atoms with E-state index in [9.17, 15) is 4.79 Å². The quantitative estimate of drug-likeness (QED) is 0.850. The molecule has 3 rings (SSSR count). The molecule has 0 radical (unpaired) electrons. The molecular weight excluding hydrogens is 276 g/mol. The first-order valence-electron chi connectivity index (χ1n) is 7.66. The van der Waals surface area contributed by atoms with Crippen LogP contribution in [-0.4, -0.2) is 58.7 Å². The van der Waals surface area contributed by atoms with Crippen LogP contribution in [0, 0.1) is 13.8 Å². The molecule has 2 heterocycles. The van der Waals surface area contributed by atoms with Crippen LogP contribution in [0.3, 0.4) is 0 Å². The lowest BCUT2D eigenvalue weighted by atomic mass is 10.2. The number of piperazine rings is 1. The van der Waals surface area contributed by atoms with Crippen molar-refractivity contribution >= 4 is 5.91 Å². The molecule has 1 fully saturated rings. The molecule has 1 aliphatic heterocycles. The van der Waals surface area contributed by atoms with Crippen molar-refractivity contribution in [2.24, 2.45) is 0 Å². The smallest absolute Gasteiger partial charge is 0.274 e. The van der Waals surface area contributed by atoms with E-state index in [1.807, 2.05) is 34.7 Å². The molecule has 5 nitrogen and oxygen atoms in total. The van der Waals surface area contributed by atoms with E-state index < -0.39 is 0 Å². The molecule has 22 heavy (non-hydrogen) atoms. The van der Waals surface area contributed by atoms with E-state index in [2.05, 4.69) is 36.1 Å². The molecule has 0 saturated carbocycles. The Morgan fingerprint density at radius 3 is 2.32 bits per heavy atom. The van der Waals surface area contributed by atoms with Crippen LogP contribution in [0.5, 0.6) is 0 Å². The first kappa shape index (κ1) is 14.8. The van der Waals surface area contributed by atoms with Crippen LogP contribution in [0.1, 0.15) is 21.7 Å². The molecule has 116 valence electrons. The molecule has 1 aromatic carbocycles. The zero-order chi connectivity index (χ0) is 15.7. The molecule has 0 bridgehead atoms. The van der Waals surface area contributed by atoms with Gasteiger partial charge in [0, 0.05) is 31.9 Å². The number of rotatable bonds is 2. The summed E-state index contributed by atoms with van der Waals surface area (Å²) in [5, 5.41) is 4.52. The van der Waals surface area contributed by atoms with E-state index in [0.717, 1.165) is 37.6 Å². The summed E-state index contributed by atoms with van der Waals surface area (Å²) in [6, 6.07) is 10.0. The van der Waals surface area contributed by atoms with Gasteiger partial charge in [0.25, 0.3) is 5.91 Å². The van der Waals surface area contributed by atoms with Gasteiger partial charge in [-0.1, -0.05) is 17.7 Å². The molecule has 5 heteroatoms. The van der Waals surface area contributed by atoms with Crippen molar-refractivity contribution in [1.82, 2.24) is 19.6 Å². The summed E-state index contributed by atoms with van der Waals surface area (Å²) >= 11 is 0. The van der Waals surface area contributed by atoms with E-state index in [-0.39, 0.29) is 5.91 Å². The molecule has 0 spiro atoms. The van der Waals surface area contributed by atoms with Crippen LogP contribution >= 0.6 is 0 Å². The molecule has 0 N–H and O–H groups in total. The fraction of sp³-hybridized carbons (Fsp3) is 0.412. The predicted octanol–water partition coefficient (Wildman–Crippen LogP) is 1.88. The number of carbonyl (C=O) groups excluding carboxylic acids is 1. The van der Waals surface area contributed by atoms with Crippen molar-refractivity contribution in [3.05, 3.63) is 47.3 Å². The Bertz CT molecular complexity index is 666. The minimum Gasteiger partial charge on any atom is -0.335 e. The molecular formula is C17H22N4O. The summed E-state index contributed by atoms with van der Waals surface area (Å²) in [6.07, 6.45) is 0. The van der Waals surface area contributed by atoms with Gasteiger partial charge in [-0.25, -0.2) is 4.68 Å². The number of benzene rings is 1. The van der Waals surface area contributed by atoms with Gasteiger partial charge in [0.2, 0.25) is 0 Å². The van der Waals surface area contributed by atoms with E-state index in [0.29, 0.717) is 5.69 Å². The average Bonchev–Trinajstić information content (AvgIpc) is 2.90. The Balaban J connectivity index is 1.82. The summed E-state index contributed by atoms with van der Waals surface area (Å²) in [6.45, 7) is 7.42. The van der Waals surface area contributed by atoms with Crippen molar-refractivity contribution in [2.45, 2.75) is 13.8 Å².